The summed E-state index contributed by atoms with van der Waals surface area (Å²) in [5.41, 5.74) is 2.95. The summed E-state index contributed by atoms with van der Waals surface area (Å²) >= 11 is 0. The molecule has 5 aromatic rings. The molecule has 9 nitrogen and oxygen atoms in total. The minimum Gasteiger partial charge on any atom is -0.480 e. The van der Waals surface area contributed by atoms with Crippen LogP contribution in [0.5, 0.6) is 5.88 Å². The molecule has 0 atom stereocenters. The van der Waals surface area contributed by atoms with Gasteiger partial charge in [0, 0.05) is 24.4 Å². The van der Waals surface area contributed by atoms with Crippen LogP contribution in [0.15, 0.2) is 55.0 Å². The second-order valence-electron chi connectivity index (χ2n) is 9.29. The van der Waals surface area contributed by atoms with Crippen LogP contribution in [0.4, 0.5) is 19.0 Å². The van der Waals surface area contributed by atoms with Crippen molar-refractivity contribution in [1.82, 2.24) is 34.7 Å². The Morgan fingerprint density at radius 3 is 2.54 bits per heavy atom. The molecule has 0 radical (unpaired) electrons. The highest BCUT2D eigenvalue weighted by Crippen LogP contribution is 2.45. The lowest BCUT2D eigenvalue weighted by Crippen LogP contribution is -2.08. The summed E-state index contributed by atoms with van der Waals surface area (Å²) < 4.78 is 46.0. The lowest BCUT2D eigenvalue weighted by molar-refractivity contribution is -0.141. The molecule has 0 spiro atoms. The largest absolute Gasteiger partial charge is 0.480 e. The van der Waals surface area contributed by atoms with Gasteiger partial charge in [-0.3, -0.25) is 0 Å². The van der Waals surface area contributed by atoms with Crippen molar-refractivity contribution < 1.29 is 17.9 Å². The van der Waals surface area contributed by atoms with Gasteiger partial charge in [-0.2, -0.15) is 18.3 Å². The van der Waals surface area contributed by atoms with Crippen LogP contribution in [0, 0.1) is 6.92 Å². The maximum Gasteiger partial charge on any atom is 0.435 e. The molecule has 0 bridgehead atoms. The van der Waals surface area contributed by atoms with Gasteiger partial charge < -0.3 is 10.1 Å². The van der Waals surface area contributed by atoms with Crippen LogP contribution in [-0.4, -0.2) is 41.8 Å². The van der Waals surface area contributed by atoms with Gasteiger partial charge in [0.25, 0.3) is 0 Å². The summed E-state index contributed by atoms with van der Waals surface area (Å²) in [5, 5.41) is 7.83. The Hall–Kier alpha value is -4.61. The van der Waals surface area contributed by atoms with Crippen molar-refractivity contribution in [2.45, 2.75) is 38.4 Å². The lowest BCUT2D eigenvalue weighted by atomic mass is 10.1. The van der Waals surface area contributed by atoms with E-state index in [2.05, 4.69) is 25.4 Å². The standard InChI is InChI=1S/C27H23F3N8O/c1-15-12-20(27(28,29)30)37-38(15)18-9-5-16(6-10-18)13-32-24-19-4-3-11-31-23(19)35-25(36-24)21-22(17-7-8-17)33-14-34-26(21)39-2/h3-6,9-12,14,17H,7-8,13H2,1-2H3,(H,31,32,35,36). The third kappa shape index (κ3) is 4.85. The normalized spacial score (nSPS) is 13.6. The lowest BCUT2D eigenvalue weighted by Gasteiger charge is -2.14. The zero-order valence-corrected chi connectivity index (χ0v) is 21.1. The van der Waals surface area contributed by atoms with Crippen molar-refractivity contribution in [2.75, 3.05) is 12.4 Å². The first-order valence-electron chi connectivity index (χ1n) is 12.3. The number of anilines is 1. The molecule has 1 aliphatic carbocycles. The van der Waals surface area contributed by atoms with Crippen LogP contribution in [0.2, 0.25) is 0 Å². The van der Waals surface area contributed by atoms with Gasteiger partial charge in [-0.05, 0) is 55.7 Å². The van der Waals surface area contributed by atoms with Gasteiger partial charge in [-0.15, -0.1) is 0 Å². The Kier molecular flexibility index (Phi) is 6.09. The van der Waals surface area contributed by atoms with Crippen molar-refractivity contribution in [3.8, 4) is 23.0 Å². The summed E-state index contributed by atoms with van der Waals surface area (Å²) in [7, 11) is 1.55. The Morgan fingerprint density at radius 1 is 1.05 bits per heavy atom. The Balaban J connectivity index is 1.30. The SMILES string of the molecule is COc1ncnc(C2CC2)c1-c1nc(NCc2ccc(-n3nc(C(F)(F)F)cc3C)cc2)c2cccnc2n1. The fourth-order valence-electron chi connectivity index (χ4n) is 4.44. The van der Waals surface area contributed by atoms with Crippen molar-refractivity contribution in [3.05, 3.63) is 77.6 Å². The number of hydrogen-bond acceptors (Lipinski definition) is 8. The number of halogens is 3. The minimum atomic E-state index is -4.50. The molecule has 39 heavy (non-hydrogen) atoms. The number of aryl methyl sites for hydroxylation is 1. The van der Waals surface area contributed by atoms with E-state index in [1.807, 2.05) is 24.3 Å². The number of fused-ring (bicyclic) bond motifs is 1. The maximum atomic E-state index is 13.1. The van der Waals surface area contributed by atoms with E-state index in [1.165, 1.54) is 11.0 Å². The van der Waals surface area contributed by atoms with Crippen LogP contribution in [-0.2, 0) is 12.7 Å². The molecule has 0 aliphatic heterocycles. The predicted octanol–water partition coefficient (Wildman–Crippen LogP) is 5.49. The van der Waals surface area contributed by atoms with Crippen molar-refractivity contribution in [2.24, 2.45) is 0 Å². The van der Waals surface area contributed by atoms with E-state index in [0.717, 1.165) is 35.6 Å². The minimum absolute atomic E-state index is 0.320. The number of rotatable bonds is 7. The summed E-state index contributed by atoms with van der Waals surface area (Å²) in [6.07, 6.45) is 0.741. The molecule has 4 heterocycles. The number of nitrogens with one attached hydrogen (secondary N) is 1. The molecular formula is C27H23F3N8O. The highest BCUT2D eigenvalue weighted by atomic mass is 19.4. The van der Waals surface area contributed by atoms with E-state index in [9.17, 15) is 13.2 Å². The van der Waals surface area contributed by atoms with Gasteiger partial charge in [-0.25, -0.2) is 29.6 Å². The molecule has 0 saturated heterocycles. The van der Waals surface area contributed by atoms with Gasteiger partial charge in [-0.1, -0.05) is 12.1 Å². The zero-order valence-electron chi connectivity index (χ0n) is 21.1. The molecule has 1 aliphatic rings. The summed E-state index contributed by atoms with van der Waals surface area (Å²) in [4.78, 5) is 22.7. The third-order valence-corrected chi connectivity index (χ3v) is 6.51. The maximum absolute atomic E-state index is 13.1. The van der Waals surface area contributed by atoms with Gasteiger partial charge in [0.05, 0.1) is 23.9 Å². The fourth-order valence-corrected chi connectivity index (χ4v) is 4.44. The quantitative estimate of drug-likeness (QED) is 0.293. The van der Waals surface area contributed by atoms with E-state index in [1.54, 1.807) is 32.4 Å². The number of nitrogens with zero attached hydrogens (tertiary/aromatic N) is 7. The van der Waals surface area contributed by atoms with Crippen LogP contribution < -0.4 is 10.1 Å². The van der Waals surface area contributed by atoms with Crippen molar-refractivity contribution in [1.29, 1.82) is 0 Å². The molecule has 1 aromatic carbocycles. The van der Waals surface area contributed by atoms with Crippen LogP contribution in [0.3, 0.4) is 0 Å². The smallest absolute Gasteiger partial charge is 0.435 e. The van der Waals surface area contributed by atoms with Crippen molar-refractivity contribution >= 4 is 16.9 Å². The number of alkyl halides is 3. The molecule has 198 valence electrons. The van der Waals surface area contributed by atoms with Gasteiger partial charge >= 0.3 is 6.18 Å². The molecule has 6 rings (SSSR count). The van der Waals surface area contributed by atoms with E-state index in [-0.39, 0.29) is 0 Å². The van der Waals surface area contributed by atoms with E-state index in [4.69, 9.17) is 14.7 Å². The molecular weight excluding hydrogens is 509 g/mol. The zero-order chi connectivity index (χ0) is 27.1. The Labute approximate surface area is 221 Å². The molecule has 0 unspecified atom stereocenters. The topological polar surface area (TPSA) is 104 Å². The Morgan fingerprint density at radius 2 is 1.85 bits per heavy atom. The average molecular weight is 533 g/mol. The van der Waals surface area contributed by atoms with E-state index >= 15 is 0 Å². The number of aromatic nitrogens is 7. The summed E-state index contributed by atoms with van der Waals surface area (Å²) in [5.74, 6) is 1.73. The van der Waals surface area contributed by atoms with E-state index in [0.29, 0.717) is 52.6 Å². The van der Waals surface area contributed by atoms with Crippen LogP contribution in [0.25, 0.3) is 28.1 Å². The molecule has 4 aromatic heterocycles. The monoisotopic (exact) mass is 532 g/mol. The fraction of sp³-hybridized carbons (Fsp3) is 0.259. The third-order valence-electron chi connectivity index (χ3n) is 6.51. The average Bonchev–Trinajstić information content (AvgIpc) is 3.71. The number of hydrogen-bond donors (Lipinski definition) is 1. The number of pyridine rings is 1. The Bertz CT molecular complexity index is 1660. The summed E-state index contributed by atoms with van der Waals surface area (Å²) in [6.45, 7) is 2.00. The highest BCUT2D eigenvalue weighted by molar-refractivity contribution is 5.88. The first-order valence-corrected chi connectivity index (χ1v) is 12.3. The second kappa shape index (κ2) is 9.61. The second-order valence-corrected chi connectivity index (χ2v) is 9.29. The molecule has 12 heteroatoms. The number of methoxy groups -OCH3 is 1. The molecule has 1 fully saturated rings. The van der Waals surface area contributed by atoms with Crippen LogP contribution in [0.1, 0.15) is 41.4 Å². The van der Waals surface area contributed by atoms with E-state index < -0.39 is 11.9 Å². The van der Waals surface area contributed by atoms with Gasteiger partial charge in [0.2, 0.25) is 5.88 Å². The number of benzene rings is 1. The first-order chi connectivity index (χ1) is 18.8. The highest BCUT2D eigenvalue weighted by Gasteiger charge is 2.34. The van der Waals surface area contributed by atoms with Crippen molar-refractivity contribution in [3.63, 3.8) is 0 Å². The molecule has 1 N–H and O–H groups in total. The van der Waals surface area contributed by atoms with Gasteiger partial charge in [0.1, 0.15) is 17.7 Å². The number of ether oxygens (including phenoxy) is 1. The predicted molar refractivity (Wildman–Crippen MR) is 138 cm³/mol. The summed E-state index contributed by atoms with van der Waals surface area (Å²) in [6, 6.07) is 11.9. The molecule has 0 amide bonds. The first kappa shape index (κ1) is 24.7. The van der Waals surface area contributed by atoms with Gasteiger partial charge in [0.15, 0.2) is 17.2 Å². The van der Waals surface area contributed by atoms with Crippen LogP contribution >= 0.6 is 0 Å². The molecule has 1 saturated carbocycles.